The van der Waals surface area contributed by atoms with Crippen LogP contribution in [0.15, 0.2) is 48.5 Å². The molecule has 0 unspecified atom stereocenters. The number of fused-ring (bicyclic) bond motifs is 3. The molecule has 0 radical (unpaired) electrons. The van der Waals surface area contributed by atoms with Crippen LogP contribution in [0.2, 0.25) is 0 Å². The van der Waals surface area contributed by atoms with E-state index in [-0.39, 0.29) is 23.8 Å². The van der Waals surface area contributed by atoms with Gasteiger partial charge in [0, 0.05) is 38.0 Å². The Morgan fingerprint density at radius 1 is 1.00 bits per heavy atom. The molecule has 1 aliphatic heterocycles. The molecule has 2 aromatic rings. The standard InChI is InChI=1S/C23H27N3O3/c24-11-12-25-22(27)16-9-13-26(14-10-16)23(28)29-15-21-19-7-3-1-5-17(19)18-6-2-4-8-20(18)21/h1-8,16,21H,9-15,24H2,(H,25,27). The lowest BCUT2D eigenvalue weighted by molar-refractivity contribution is -0.126. The maximum atomic E-state index is 12.6. The molecule has 1 fully saturated rings. The minimum atomic E-state index is -0.298. The molecule has 0 atom stereocenters. The predicted molar refractivity (Wildman–Crippen MR) is 111 cm³/mol. The predicted octanol–water partition coefficient (Wildman–Crippen LogP) is 2.72. The first kappa shape index (κ1) is 19.5. The van der Waals surface area contributed by atoms with E-state index in [1.807, 2.05) is 24.3 Å². The highest BCUT2D eigenvalue weighted by Crippen LogP contribution is 2.44. The zero-order chi connectivity index (χ0) is 20.2. The van der Waals surface area contributed by atoms with Crippen molar-refractivity contribution in [2.45, 2.75) is 18.8 Å². The Kier molecular flexibility index (Phi) is 5.81. The third-order valence-electron chi connectivity index (χ3n) is 5.90. The Balaban J connectivity index is 1.35. The number of nitrogens with one attached hydrogen (secondary N) is 1. The van der Waals surface area contributed by atoms with Gasteiger partial charge in [0.15, 0.2) is 0 Å². The molecular weight excluding hydrogens is 366 g/mol. The van der Waals surface area contributed by atoms with Crippen molar-refractivity contribution in [3.63, 3.8) is 0 Å². The van der Waals surface area contributed by atoms with Crippen molar-refractivity contribution in [2.24, 2.45) is 11.7 Å². The highest BCUT2D eigenvalue weighted by molar-refractivity contribution is 5.80. The first-order valence-corrected chi connectivity index (χ1v) is 10.3. The van der Waals surface area contributed by atoms with Gasteiger partial charge in [-0.1, -0.05) is 48.5 Å². The maximum absolute atomic E-state index is 12.6. The highest BCUT2D eigenvalue weighted by atomic mass is 16.6. The van der Waals surface area contributed by atoms with Gasteiger partial charge in [0.25, 0.3) is 0 Å². The quantitative estimate of drug-likeness (QED) is 0.818. The van der Waals surface area contributed by atoms with E-state index in [0.717, 1.165) is 0 Å². The molecule has 3 N–H and O–H groups in total. The molecule has 0 spiro atoms. The van der Waals surface area contributed by atoms with E-state index < -0.39 is 0 Å². The largest absolute Gasteiger partial charge is 0.448 e. The summed E-state index contributed by atoms with van der Waals surface area (Å²) in [5.74, 6) is 0.0350. The van der Waals surface area contributed by atoms with Crippen LogP contribution in [0.1, 0.15) is 29.9 Å². The van der Waals surface area contributed by atoms with Crippen molar-refractivity contribution in [3.8, 4) is 11.1 Å². The Morgan fingerprint density at radius 3 is 2.17 bits per heavy atom. The van der Waals surface area contributed by atoms with Gasteiger partial charge in [0.2, 0.25) is 5.91 Å². The molecule has 0 aromatic heterocycles. The average Bonchev–Trinajstić information content (AvgIpc) is 3.09. The second-order valence-corrected chi connectivity index (χ2v) is 7.65. The molecule has 2 amide bonds. The topological polar surface area (TPSA) is 84.7 Å². The van der Waals surface area contributed by atoms with E-state index in [9.17, 15) is 9.59 Å². The van der Waals surface area contributed by atoms with E-state index in [1.54, 1.807) is 4.90 Å². The summed E-state index contributed by atoms with van der Waals surface area (Å²) in [6.07, 6.45) is 1.01. The summed E-state index contributed by atoms with van der Waals surface area (Å²) in [6, 6.07) is 16.6. The van der Waals surface area contributed by atoms with Gasteiger partial charge in [-0.2, -0.15) is 0 Å². The fourth-order valence-corrected chi connectivity index (χ4v) is 4.35. The number of piperidine rings is 1. The van der Waals surface area contributed by atoms with Crippen molar-refractivity contribution >= 4 is 12.0 Å². The number of hydrogen-bond acceptors (Lipinski definition) is 4. The molecule has 0 bridgehead atoms. The van der Waals surface area contributed by atoms with Crippen LogP contribution in [0.5, 0.6) is 0 Å². The summed E-state index contributed by atoms with van der Waals surface area (Å²) in [7, 11) is 0. The van der Waals surface area contributed by atoms with E-state index in [2.05, 4.69) is 29.6 Å². The molecule has 6 nitrogen and oxygen atoms in total. The van der Waals surface area contributed by atoms with Crippen LogP contribution in [0.4, 0.5) is 4.79 Å². The fraction of sp³-hybridized carbons (Fsp3) is 0.391. The first-order valence-electron chi connectivity index (χ1n) is 10.3. The average molecular weight is 393 g/mol. The summed E-state index contributed by atoms with van der Waals surface area (Å²) in [6.45, 7) is 2.33. The van der Waals surface area contributed by atoms with Gasteiger partial charge >= 0.3 is 6.09 Å². The molecule has 0 saturated carbocycles. The van der Waals surface area contributed by atoms with Crippen LogP contribution in [-0.4, -0.2) is 49.7 Å². The summed E-state index contributed by atoms with van der Waals surface area (Å²) < 4.78 is 5.71. The minimum absolute atomic E-state index is 0.0302. The molecule has 29 heavy (non-hydrogen) atoms. The van der Waals surface area contributed by atoms with Gasteiger partial charge in [-0.25, -0.2) is 4.79 Å². The first-order chi connectivity index (χ1) is 14.2. The third kappa shape index (κ3) is 3.98. The number of nitrogens with two attached hydrogens (primary N) is 1. The Morgan fingerprint density at radius 2 is 1.59 bits per heavy atom. The normalized spacial score (nSPS) is 16.2. The van der Waals surface area contributed by atoms with Gasteiger partial charge in [0.1, 0.15) is 6.61 Å². The molecule has 2 aliphatic rings. The van der Waals surface area contributed by atoms with Crippen LogP contribution >= 0.6 is 0 Å². The number of ether oxygens (including phenoxy) is 1. The Labute approximate surface area is 171 Å². The molecular formula is C23H27N3O3. The SMILES string of the molecule is NCCNC(=O)C1CCN(C(=O)OCC2c3ccccc3-c3ccccc32)CC1. The molecule has 2 aromatic carbocycles. The van der Waals surface area contributed by atoms with Crippen LogP contribution in [0, 0.1) is 5.92 Å². The zero-order valence-corrected chi connectivity index (χ0v) is 16.5. The maximum Gasteiger partial charge on any atom is 0.409 e. The van der Waals surface area contributed by atoms with Crippen LogP contribution in [-0.2, 0) is 9.53 Å². The van der Waals surface area contributed by atoms with Gasteiger partial charge in [-0.15, -0.1) is 0 Å². The van der Waals surface area contributed by atoms with Crippen molar-refractivity contribution < 1.29 is 14.3 Å². The number of rotatable bonds is 5. The number of amides is 2. The minimum Gasteiger partial charge on any atom is -0.448 e. The Bertz CT molecular complexity index is 845. The highest BCUT2D eigenvalue weighted by Gasteiger charge is 2.31. The number of benzene rings is 2. The molecule has 1 aliphatic carbocycles. The number of carbonyl (C=O) groups is 2. The van der Waals surface area contributed by atoms with Gasteiger partial charge < -0.3 is 20.7 Å². The van der Waals surface area contributed by atoms with Crippen molar-refractivity contribution in [1.29, 1.82) is 0 Å². The lowest BCUT2D eigenvalue weighted by atomic mass is 9.96. The fourth-order valence-electron chi connectivity index (χ4n) is 4.35. The van der Waals surface area contributed by atoms with Crippen LogP contribution < -0.4 is 11.1 Å². The molecule has 152 valence electrons. The molecule has 6 heteroatoms. The molecule has 4 rings (SSSR count). The van der Waals surface area contributed by atoms with Gasteiger partial charge in [0.05, 0.1) is 0 Å². The number of carbonyl (C=O) groups excluding carboxylic acids is 2. The molecule has 1 heterocycles. The Hall–Kier alpha value is -2.86. The van der Waals surface area contributed by atoms with Crippen LogP contribution in [0.3, 0.4) is 0 Å². The second kappa shape index (κ2) is 8.66. The molecule has 1 saturated heterocycles. The lowest BCUT2D eigenvalue weighted by Crippen LogP contribution is -2.44. The van der Waals surface area contributed by atoms with E-state index in [1.165, 1.54) is 22.3 Å². The van der Waals surface area contributed by atoms with E-state index >= 15 is 0 Å². The summed E-state index contributed by atoms with van der Waals surface area (Å²) in [5.41, 5.74) is 10.3. The van der Waals surface area contributed by atoms with Gasteiger partial charge in [-0.3, -0.25) is 4.79 Å². The third-order valence-corrected chi connectivity index (χ3v) is 5.90. The van der Waals surface area contributed by atoms with Crippen molar-refractivity contribution in [2.75, 3.05) is 32.8 Å². The smallest absolute Gasteiger partial charge is 0.409 e. The number of likely N-dealkylation sites (tertiary alicyclic amines) is 1. The van der Waals surface area contributed by atoms with E-state index in [0.29, 0.717) is 45.6 Å². The van der Waals surface area contributed by atoms with E-state index in [4.69, 9.17) is 10.5 Å². The van der Waals surface area contributed by atoms with Crippen molar-refractivity contribution in [1.82, 2.24) is 10.2 Å². The summed E-state index contributed by atoms with van der Waals surface area (Å²) in [4.78, 5) is 26.4. The second-order valence-electron chi connectivity index (χ2n) is 7.65. The van der Waals surface area contributed by atoms with Gasteiger partial charge in [-0.05, 0) is 35.1 Å². The zero-order valence-electron chi connectivity index (χ0n) is 16.5. The van der Waals surface area contributed by atoms with Crippen LogP contribution in [0.25, 0.3) is 11.1 Å². The monoisotopic (exact) mass is 393 g/mol. The number of nitrogens with zero attached hydrogens (tertiary/aromatic N) is 1. The summed E-state index contributed by atoms with van der Waals surface area (Å²) >= 11 is 0. The summed E-state index contributed by atoms with van der Waals surface area (Å²) in [5, 5.41) is 2.83. The lowest BCUT2D eigenvalue weighted by Gasteiger charge is -2.31. The number of hydrogen-bond donors (Lipinski definition) is 2. The van der Waals surface area contributed by atoms with Crippen molar-refractivity contribution in [3.05, 3.63) is 59.7 Å².